The summed E-state index contributed by atoms with van der Waals surface area (Å²) >= 11 is 1.88. The highest BCUT2D eigenvalue weighted by Crippen LogP contribution is 2.55. The second-order valence-electron chi connectivity index (χ2n) is 15.8. The summed E-state index contributed by atoms with van der Waals surface area (Å²) in [5.74, 6) is 0. The van der Waals surface area contributed by atoms with Gasteiger partial charge in [-0.05, 0) is 145 Å². The second-order valence-corrected chi connectivity index (χ2v) is 16.9. The van der Waals surface area contributed by atoms with Crippen LogP contribution in [0.1, 0.15) is 60.8 Å². The van der Waals surface area contributed by atoms with Crippen LogP contribution >= 0.6 is 11.3 Å². The summed E-state index contributed by atoms with van der Waals surface area (Å²) in [6.07, 6.45) is 10.7. The Morgan fingerprint density at radius 1 is 0.509 bits per heavy atom. The molecule has 1 nitrogen and oxygen atoms in total. The fourth-order valence-corrected chi connectivity index (χ4v) is 10.5. The van der Waals surface area contributed by atoms with Gasteiger partial charge in [-0.2, -0.15) is 0 Å². The number of fused-ring (bicyclic) bond motifs is 6. The fraction of sp³-hybridized carbons (Fsp3) is 0.164. The minimum absolute atomic E-state index is 0.0183. The second kappa shape index (κ2) is 15.5. The largest absolute Gasteiger partial charge is 0.311 e. The highest BCUT2D eigenvalue weighted by molar-refractivity contribution is 7.26. The van der Waals surface area contributed by atoms with Gasteiger partial charge >= 0.3 is 0 Å². The first-order chi connectivity index (χ1) is 28.0. The number of hydrogen-bond donors (Lipinski definition) is 0. The molecule has 7 aromatic carbocycles. The molecule has 0 aliphatic heterocycles. The monoisotopic (exact) mass is 755 g/mol. The maximum Gasteiger partial charge on any atom is 0.0462 e. The van der Waals surface area contributed by atoms with E-state index in [4.69, 9.17) is 0 Å². The summed E-state index contributed by atoms with van der Waals surface area (Å²) in [6, 6.07) is 56.9. The van der Waals surface area contributed by atoms with E-state index in [1.165, 1.54) is 75.8 Å². The smallest absolute Gasteiger partial charge is 0.0462 e. The van der Waals surface area contributed by atoms with Crippen molar-refractivity contribution < 1.29 is 0 Å². The Bertz CT molecular complexity index is 2720. The van der Waals surface area contributed by atoms with Crippen LogP contribution in [0.3, 0.4) is 0 Å². The van der Waals surface area contributed by atoms with Crippen molar-refractivity contribution in [2.75, 3.05) is 4.90 Å². The lowest BCUT2D eigenvalue weighted by Gasteiger charge is -2.33. The third-order valence-corrected chi connectivity index (χ3v) is 13.4. The molecule has 0 amide bonds. The summed E-state index contributed by atoms with van der Waals surface area (Å²) in [7, 11) is 0. The molecule has 57 heavy (non-hydrogen) atoms. The van der Waals surface area contributed by atoms with Gasteiger partial charge in [0.2, 0.25) is 0 Å². The van der Waals surface area contributed by atoms with Crippen LogP contribution in [0.2, 0.25) is 0 Å². The van der Waals surface area contributed by atoms with Gasteiger partial charge in [0.25, 0.3) is 0 Å². The van der Waals surface area contributed by atoms with Crippen LogP contribution in [0.25, 0.3) is 53.6 Å². The third-order valence-electron chi connectivity index (χ3n) is 12.1. The summed E-state index contributed by atoms with van der Waals surface area (Å²) in [5, 5.41) is 2.66. The number of anilines is 3. The Morgan fingerprint density at radius 2 is 1.05 bits per heavy atom. The first-order valence-corrected chi connectivity index (χ1v) is 21.2. The Kier molecular flexibility index (Phi) is 9.99. The highest BCUT2D eigenvalue weighted by atomic mass is 32.1. The molecule has 1 aromatic heterocycles. The average molecular weight is 756 g/mol. The van der Waals surface area contributed by atoms with Crippen molar-refractivity contribution in [1.29, 1.82) is 0 Å². The molecule has 0 radical (unpaired) electrons. The van der Waals surface area contributed by atoms with Gasteiger partial charge in [-0.1, -0.05) is 126 Å². The molecule has 0 saturated carbocycles. The molecular weight excluding hydrogens is 707 g/mol. The van der Waals surface area contributed by atoms with Crippen molar-refractivity contribution in [3.63, 3.8) is 0 Å². The molecule has 1 heterocycles. The summed E-state index contributed by atoms with van der Waals surface area (Å²) < 4.78 is 2.67. The van der Waals surface area contributed by atoms with Crippen LogP contribution in [-0.4, -0.2) is 0 Å². The maximum atomic E-state index is 4.06. The molecule has 0 saturated heterocycles. The molecule has 0 fully saturated rings. The normalized spacial score (nSPS) is 12.7. The Morgan fingerprint density at radius 3 is 1.72 bits per heavy atom. The fourth-order valence-electron chi connectivity index (χ4n) is 9.26. The quantitative estimate of drug-likeness (QED) is 0.0837. The number of nitrogens with zero attached hydrogens (tertiary/aromatic N) is 1. The average Bonchev–Trinajstić information content (AvgIpc) is 3.75. The summed E-state index contributed by atoms with van der Waals surface area (Å²) in [4.78, 5) is 2.37. The van der Waals surface area contributed by atoms with Gasteiger partial charge in [0.05, 0.1) is 0 Å². The number of unbranched alkanes of at least 4 members (excludes halogenated alkanes) is 2. The number of benzene rings is 7. The zero-order chi connectivity index (χ0) is 38.9. The molecule has 8 aromatic rings. The van der Waals surface area contributed by atoms with E-state index in [2.05, 4.69) is 196 Å². The van der Waals surface area contributed by atoms with Crippen molar-refractivity contribution in [3.8, 4) is 33.4 Å². The topological polar surface area (TPSA) is 3.24 Å². The minimum atomic E-state index is -0.0183. The number of hydrogen-bond acceptors (Lipinski definition) is 2. The van der Waals surface area contributed by atoms with Gasteiger partial charge in [-0.15, -0.1) is 24.5 Å². The molecule has 9 rings (SSSR count). The van der Waals surface area contributed by atoms with Crippen molar-refractivity contribution in [1.82, 2.24) is 0 Å². The molecule has 280 valence electrons. The molecule has 1 aliphatic carbocycles. The van der Waals surface area contributed by atoms with Crippen molar-refractivity contribution in [3.05, 3.63) is 199 Å². The molecule has 0 atom stereocenters. The number of rotatable bonds is 13. The lowest BCUT2D eigenvalue weighted by molar-refractivity contribution is 0.422. The lowest BCUT2D eigenvalue weighted by Crippen LogP contribution is -2.25. The van der Waals surface area contributed by atoms with Gasteiger partial charge in [0.1, 0.15) is 0 Å². The van der Waals surface area contributed by atoms with Gasteiger partial charge in [-0.25, -0.2) is 0 Å². The zero-order valence-corrected chi connectivity index (χ0v) is 33.9. The molecule has 0 N–H and O–H groups in total. The van der Waals surface area contributed by atoms with Gasteiger partial charge in [0, 0.05) is 42.6 Å². The zero-order valence-electron chi connectivity index (χ0n) is 33.1. The summed E-state index contributed by atoms with van der Waals surface area (Å²) in [5.41, 5.74) is 16.7. The first kappa shape index (κ1) is 36.7. The van der Waals surface area contributed by atoms with E-state index in [1.54, 1.807) is 0 Å². The van der Waals surface area contributed by atoms with Gasteiger partial charge in [0.15, 0.2) is 0 Å². The number of thiophene rings is 1. The maximum absolute atomic E-state index is 4.06. The predicted molar refractivity (Wildman–Crippen MR) is 249 cm³/mol. The minimum Gasteiger partial charge on any atom is -0.311 e. The molecular formula is C55H49NS. The van der Waals surface area contributed by atoms with Crippen molar-refractivity contribution >= 4 is 48.6 Å². The molecule has 0 spiro atoms. The van der Waals surface area contributed by atoms with Crippen LogP contribution < -0.4 is 4.90 Å². The van der Waals surface area contributed by atoms with E-state index in [9.17, 15) is 0 Å². The van der Waals surface area contributed by atoms with E-state index >= 15 is 0 Å². The standard InChI is InChI=1S/C55H49NS/c1-5-7-11-34-55(35-12-8-6-2)51-36-39(4)20-32-47(51)48-33-25-42(37-52(48)55)40-21-28-44(29-22-40)56(43-26-18-38(3)19-27-43)45-30-23-41(24-31-45)46-15-13-16-50-49-14-9-10-17-53(49)57-54(46)50/h5-6,9-10,13-33,36-37H,1-2,7-8,11-12,34-35H2,3-4H3. The Balaban J connectivity index is 1.08. The molecule has 0 bridgehead atoms. The van der Waals surface area contributed by atoms with Crippen LogP contribution in [0, 0.1) is 13.8 Å². The van der Waals surface area contributed by atoms with E-state index in [-0.39, 0.29) is 5.41 Å². The third kappa shape index (κ3) is 6.73. The number of aryl methyl sites for hydroxylation is 2. The van der Waals surface area contributed by atoms with E-state index in [1.807, 2.05) is 11.3 Å². The predicted octanol–water partition coefficient (Wildman–Crippen LogP) is 16.5. The SMILES string of the molecule is C=CCCCC1(CCCC=C)c2cc(C)ccc2-c2ccc(-c3ccc(N(c4ccc(C)cc4)c4ccc(-c5cccc6c5sc5ccccc56)cc4)cc3)cc21. The van der Waals surface area contributed by atoms with E-state index in [0.29, 0.717) is 0 Å². The highest BCUT2D eigenvalue weighted by Gasteiger charge is 2.42. The number of allylic oxidation sites excluding steroid dienone is 2. The molecule has 0 unspecified atom stereocenters. The molecule has 1 aliphatic rings. The lowest BCUT2D eigenvalue weighted by atomic mass is 9.70. The summed E-state index contributed by atoms with van der Waals surface area (Å²) in [6.45, 7) is 12.5. The Hall–Kier alpha value is -5.96. The van der Waals surface area contributed by atoms with Crippen LogP contribution in [0.5, 0.6) is 0 Å². The van der Waals surface area contributed by atoms with Crippen LogP contribution in [0.15, 0.2) is 177 Å². The van der Waals surface area contributed by atoms with Crippen molar-refractivity contribution in [2.45, 2.75) is 57.8 Å². The first-order valence-electron chi connectivity index (χ1n) is 20.4. The van der Waals surface area contributed by atoms with Gasteiger partial charge < -0.3 is 4.90 Å². The molecule has 2 heteroatoms. The van der Waals surface area contributed by atoms with E-state index in [0.717, 1.165) is 55.6 Å². The van der Waals surface area contributed by atoms with Crippen LogP contribution in [-0.2, 0) is 5.41 Å². The van der Waals surface area contributed by atoms with Gasteiger partial charge in [-0.3, -0.25) is 0 Å². The van der Waals surface area contributed by atoms with E-state index < -0.39 is 0 Å². The Labute approximate surface area is 342 Å². The van der Waals surface area contributed by atoms with Crippen molar-refractivity contribution in [2.24, 2.45) is 0 Å². The van der Waals surface area contributed by atoms with Crippen LogP contribution in [0.4, 0.5) is 17.1 Å².